The zero-order chi connectivity index (χ0) is 17.5. The lowest BCUT2D eigenvalue weighted by atomic mass is 10.2. The van der Waals surface area contributed by atoms with Gasteiger partial charge in [0.15, 0.2) is 0 Å². The zero-order valence-corrected chi connectivity index (χ0v) is 18.9. The van der Waals surface area contributed by atoms with Crippen LogP contribution in [0.4, 0.5) is 0 Å². The first-order chi connectivity index (χ1) is 12.8. The van der Waals surface area contributed by atoms with Gasteiger partial charge in [0.1, 0.15) is 5.75 Å². The van der Waals surface area contributed by atoms with Crippen LogP contribution in [0.2, 0.25) is 0 Å². The maximum absolute atomic E-state index is 9.53. The molecule has 1 saturated heterocycles. The lowest BCUT2D eigenvalue weighted by Gasteiger charge is -2.15. The van der Waals surface area contributed by atoms with Crippen LogP contribution in [0.25, 0.3) is 28.1 Å². The number of nitrogens with zero attached hydrogens (tertiary/aromatic N) is 4. The summed E-state index contributed by atoms with van der Waals surface area (Å²) < 4.78 is 4.51. The molecule has 28 heavy (non-hydrogen) atoms. The molecule has 7 heteroatoms. The Kier molecular flexibility index (Phi) is 6.47. The Bertz CT molecular complexity index is 1070. The molecule has 0 amide bonds. The van der Waals surface area contributed by atoms with Gasteiger partial charge in [-0.15, -0.1) is 34.0 Å². The molecular formula is C21H24Br2N4O. The molecule has 1 aliphatic heterocycles. The van der Waals surface area contributed by atoms with Crippen molar-refractivity contribution in [3.8, 4) is 17.0 Å². The van der Waals surface area contributed by atoms with Crippen molar-refractivity contribution in [2.24, 2.45) is 0 Å². The number of aromatic nitrogens is 3. The highest BCUT2D eigenvalue weighted by molar-refractivity contribution is 8.93. The Labute approximate surface area is 185 Å². The van der Waals surface area contributed by atoms with Gasteiger partial charge in [-0.05, 0) is 62.3 Å². The first-order valence-electron chi connectivity index (χ1n) is 9.28. The van der Waals surface area contributed by atoms with Crippen LogP contribution in [-0.4, -0.2) is 43.6 Å². The average Bonchev–Trinajstić information content (AvgIpc) is 3.37. The molecule has 5 rings (SSSR count). The second-order valence-corrected chi connectivity index (χ2v) is 7.03. The second kappa shape index (κ2) is 8.68. The van der Waals surface area contributed by atoms with Crippen LogP contribution >= 0.6 is 34.0 Å². The second-order valence-electron chi connectivity index (χ2n) is 7.03. The molecule has 0 unspecified atom stereocenters. The summed E-state index contributed by atoms with van der Waals surface area (Å²) in [6.07, 6.45) is 4.73. The van der Waals surface area contributed by atoms with Crippen LogP contribution in [0.5, 0.6) is 5.75 Å². The minimum absolute atomic E-state index is 0. The van der Waals surface area contributed by atoms with Crippen molar-refractivity contribution in [3.63, 3.8) is 0 Å². The van der Waals surface area contributed by atoms with Crippen molar-refractivity contribution in [1.29, 1.82) is 0 Å². The molecule has 0 spiro atoms. The normalized spacial score (nSPS) is 14.3. The molecule has 0 radical (unpaired) electrons. The van der Waals surface area contributed by atoms with Crippen LogP contribution < -0.4 is 0 Å². The molecule has 2 aromatic carbocycles. The van der Waals surface area contributed by atoms with Gasteiger partial charge in [-0.2, -0.15) is 0 Å². The lowest BCUT2D eigenvalue weighted by Crippen LogP contribution is -2.24. The first kappa shape index (κ1) is 20.9. The van der Waals surface area contributed by atoms with Crippen molar-refractivity contribution < 1.29 is 5.11 Å². The number of likely N-dealkylation sites (tertiary alicyclic amines) is 1. The molecule has 3 heterocycles. The van der Waals surface area contributed by atoms with E-state index in [0.29, 0.717) is 0 Å². The highest BCUT2D eigenvalue weighted by atomic mass is 79.9. The fourth-order valence-corrected chi connectivity index (χ4v) is 3.98. The number of halogens is 2. The summed E-state index contributed by atoms with van der Waals surface area (Å²) in [6.45, 7) is 4.43. The molecule has 1 N–H and O–H groups in total. The van der Waals surface area contributed by atoms with E-state index in [1.54, 1.807) is 12.1 Å². The number of para-hydroxylation sites is 2. The van der Waals surface area contributed by atoms with Crippen LogP contribution in [0, 0.1) is 0 Å². The number of rotatable bonds is 4. The van der Waals surface area contributed by atoms with Gasteiger partial charge in [-0.25, -0.2) is 4.98 Å². The third kappa shape index (κ3) is 3.71. The molecular weight excluding hydrogens is 484 g/mol. The largest absolute Gasteiger partial charge is 0.508 e. The molecule has 148 valence electrons. The molecule has 0 atom stereocenters. The van der Waals surface area contributed by atoms with Gasteiger partial charge >= 0.3 is 0 Å². The van der Waals surface area contributed by atoms with Gasteiger partial charge in [0.2, 0.25) is 5.78 Å². The Morgan fingerprint density at radius 1 is 0.857 bits per heavy atom. The van der Waals surface area contributed by atoms with Gasteiger partial charge in [0, 0.05) is 24.8 Å². The first-order valence-corrected chi connectivity index (χ1v) is 9.28. The quantitative estimate of drug-likeness (QED) is 0.426. The third-order valence-electron chi connectivity index (χ3n) is 5.36. The molecule has 0 saturated carbocycles. The topological polar surface area (TPSA) is 45.7 Å². The Hall–Kier alpha value is -1.83. The maximum atomic E-state index is 9.53. The van der Waals surface area contributed by atoms with Gasteiger partial charge in [-0.3, -0.25) is 4.40 Å². The zero-order valence-electron chi connectivity index (χ0n) is 15.5. The van der Waals surface area contributed by atoms with E-state index < -0.39 is 0 Å². The van der Waals surface area contributed by atoms with Gasteiger partial charge in [-0.1, -0.05) is 12.1 Å². The van der Waals surface area contributed by atoms with Crippen molar-refractivity contribution in [2.75, 3.05) is 19.6 Å². The van der Waals surface area contributed by atoms with Gasteiger partial charge in [0.25, 0.3) is 0 Å². The predicted octanol–water partition coefficient (Wildman–Crippen LogP) is 4.91. The van der Waals surface area contributed by atoms with Crippen molar-refractivity contribution in [3.05, 3.63) is 54.7 Å². The third-order valence-corrected chi connectivity index (χ3v) is 5.36. The van der Waals surface area contributed by atoms with Crippen molar-refractivity contribution in [2.45, 2.75) is 19.4 Å². The number of hydrogen-bond acceptors (Lipinski definition) is 3. The summed E-state index contributed by atoms with van der Waals surface area (Å²) in [5.74, 6) is 1.26. The van der Waals surface area contributed by atoms with Crippen LogP contribution in [0.15, 0.2) is 54.7 Å². The van der Waals surface area contributed by atoms with Gasteiger partial charge < -0.3 is 14.6 Å². The summed E-state index contributed by atoms with van der Waals surface area (Å²) in [6, 6.07) is 15.7. The lowest BCUT2D eigenvalue weighted by molar-refractivity contribution is 0.325. The van der Waals surface area contributed by atoms with Crippen LogP contribution in [0.3, 0.4) is 0 Å². The van der Waals surface area contributed by atoms with E-state index in [1.807, 2.05) is 12.1 Å². The molecule has 1 fully saturated rings. The van der Waals surface area contributed by atoms with Crippen molar-refractivity contribution in [1.82, 2.24) is 18.9 Å². The Morgan fingerprint density at radius 3 is 2.25 bits per heavy atom. The number of imidazole rings is 2. The summed E-state index contributed by atoms with van der Waals surface area (Å²) in [4.78, 5) is 7.46. The monoisotopic (exact) mass is 506 g/mol. The minimum Gasteiger partial charge on any atom is -0.508 e. The molecule has 0 bridgehead atoms. The summed E-state index contributed by atoms with van der Waals surface area (Å²) in [5.41, 5.74) is 4.36. The Balaban J connectivity index is 0.00000112. The number of phenols is 1. The molecule has 0 aliphatic carbocycles. The fraction of sp³-hybridized carbons (Fsp3) is 0.286. The average molecular weight is 508 g/mol. The number of benzene rings is 2. The van der Waals surface area contributed by atoms with Crippen LogP contribution in [0.1, 0.15) is 12.8 Å². The number of phenolic OH excluding ortho intramolecular Hbond substituents is 1. The minimum atomic E-state index is 0. The predicted molar refractivity (Wildman–Crippen MR) is 124 cm³/mol. The summed E-state index contributed by atoms with van der Waals surface area (Å²) >= 11 is 0. The summed E-state index contributed by atoms with van der Waals surface area (Å²) in [7, 11) is 0. The number of aromatic hydroxyl groups is 1. The van der Waals surface area contributed by atoms with E-state index in [2.05, 4.69) is 44.3 Å². The SMILES string of the molecule is Br.Br.Oc1ccc(-c2cn3c4ccccc4n(CCN4CCCC4)c3n2)cc1. The van der Waals surface area contributed by atoms with Gasteiger partial charge in [0.05, 0.1) is 16.7 Å². The summed E-state index contributed by atoms with van der Waals surface area (Å²) in [5, 5.41) is 9.53. The highest BCUT2D eigenvalue weighted by Crippen LogP contribution is 2.26. The molecule has 2 aromatic heterocycles. The van der Waals surface area contributed by atoms with E-state index in [-0.39, 0.29) is 39.7 Å². The molecule has 1 aliphatic rings. The Morgan fingerprint density at radius 2 is 1.54 bits per heavy atom. The van der Waals surface area contributed by atoms with E-state index in [1.165, 1.54) is 37.0 Å². The number of fused-ring (bicyclic) bond motifs is 3. The molecule has 4 aromatic rings. The highest BCUT2D eigenvalue weighted by Gasteiger charge is 2.16. The van der Waals surface area contributed by atoms with Crippen LogP contribution in [-0.2, 0) is 6.54 Å². The molecule has 5 nitrogen and oxygen atoms in total. The smallest absolute Gasteiger partial charge is 0.215 e. The standard InChI is InChI=1S/C21H22N4O.2BrH/c26-17-9-7-16(8-10-17)18-15-25-20-6-2-1-5-19(20)24(21(25)22-18)14-13-23-11-3-4-12-23;;/h1-2,5-10,15,26H,3-4,11-14H2;2*1H. The fourth-order valence-electron chi connectivity index (χ4n) is 3.98. The number of hydrogen-bond donors (Lipinski definition) is 1. The van der Waals surface area contributed by atoms with E-state index in [9.17, 15) is 5.11 Å². The van der Waals surface area contributed by atoms with E-state index in [0.717, 1.165) is 30.1 Å². The van der Waals surface area contributed by atoms with Crippen molar-refractivity contribution >= 4 is 50.8 Å². The van der Waals surface area contributed by atoms with E-state index in [4.69, 9.17) is 4.98 Å². The van der Waals surface area contributed by atoms with E-state index >= 15 is 0 Å². The maximum Gasteiger partial charge on any atom is 0.215 e.